The third-order valence-electron chi connectivity index (χ3n) is 3.20. The smallest absolute Gasteiger partial charge is 0.250 e. The van der Waals surface area contributed by atoms with Crippen molar-refractivity contribution in [2.24, 2.45) is 0 Å². The molecular formula is C16H17NO3. The predicted octanol–water partition coefficient (Wildman–Crippen LogP) is 2.91. The lowest BCUT2D eigenvalue weighted by atomic mass is 10.1. The first-order valence-electron chi connectivity index (χ1n) is 6.41. The minimum Gasteiger partial charge on any atom is -0.508 e. The molecule has 0 aromatic heterocycles. The van der Waals surface area contributed by atoms with E-state index in [1.54, 1.807) is 19.1 Å². The molecule has 4 heteroatoms. The highest BCUT2D eigenvalue weighted by Gasteiger charge is 2.19. The third kappa shape index (κ3) is 3.36. The number of benzene rings is 2. The van der Waals surface area contributed by atoms with Gasteiger partial charge in [-0.25, -0.2) is 5.06 Å². The maximum absolute atomic E-state index is 12.0. The van der Waals surface area contributed by atoms with Gasteiger partial charge in [-0.05, 0) is 30.2 Å². The van der Waals surface area contributed by atoms with Crippen molar-refractivity contribution in [2.45, 2.75) is 19.4 Å². The Morgan fingerprint density at radius 3 is 2.30 bits per heavy atom. The topological polar surface area (TPSA) is 60.8 Å². The summed E-state index contributed by atoms with van der Waals surface area (Å²) >= 11 is 0. The Kier molecular flexibility index (Phi) is 4.38. The van der Waals surface area contributed by atoms with Crippen LogP contribution in [0.1, 0.15) is 24.1 Å². The first kappa shape index (κ1) is 14.1. The van der Waals surface area contributed by atoms with Crippen molar-refractivity contribution >= 4 is 5.91 Å². The molecule has 0 heterocycles. The number of phenols is 1. The zero-order valence-corrected chi connectivity index (χ0v) is 11.2. The summed E-state index contributed by atoms with van der Waals surface area (Å²) in [6.45, 7) is 1.77. The van der Waals surface area contributed by atoms with Crippen LogP contribution in [0.25, 0.3) is 0 Å². The molecule has 4 nitrogen and oxygen atoms in total. The molecule has 0 saturated heterocycles. The Morgan fingerprint density at radius 1 is 1.10 bits per heavy atom. The Hall–Kier alpha value is -2.33. The minimum absolute atomic E-state index is 0.0912. The summed E-state index contributed by atoms with van der Waals surface area (Å²) in [7, 11) is 0. The number of hydrogen-bond acceptors (Lipinski definition) is 3. The second-order valence-corrected chi connectivity index (χ2v) is 4.67. The van der Waals surface area contributed by atoms with Gasteiger partial charge in [0, 0.05) is 0 Å². The van der Waals surface area contributed by atoms with Gasteiger partial charge < -0.3 is 5.11 Å². The van der Waals surface area contributed by atoms with Crippen LogP contribution in [0.3, 0.4) is 0 Å². The number of aromatic hydroxyl groups is 1. The van der Waals surface area contributed by atoms with Crippen LogP contribution in [0.15, 0.2) is 54.6 Å². The van der Waals surface area contributed by atoms with Crippen molar-refractivity contribution in [3.8, 4) is 5.75 Å². The maximum atomic E-state index is 12.0. The minimum atomic E-state index is -0.402. The SMILES string of the molecule is CC(c1ccccc1)N(O)C(=O)Cc1ccc(O)cc1. The molecule has 0 aliphatic carbocycles. The van der Waals surface area contributed by atoms with Gasteiger partial charge in [-0.15, -0.1) is 0 Å². The number of hydrogen-bond donors (Lipinski definition) is 2. The number of hydroxylamine groups is 2. The summed E-state index contributed by atoms with van der Waals surface area (Å²) in [6.07, 6.45) is 0.0912. The van der Waals surface area contributed by atoms with E-state index < -0.39 is 6.04 Å². The van der Waals surface area contributed by atoms with Gasteiger partial charge in [0.15, 0.2) is 0 Å². The molecule has 0 bridgehead atoms. The summed E-state index contributed by atoms with van der Waals surface area (Å²) in [5.74, 6) is -0.230. The van der Waals surface area contributed by atoms with E-state index in [0.717, 1.165) is 16.2 Å². The van der Waals surface area contributed by atoms with E-state index >= 15 is 0 Å². The Morgan fingerprint density at radius 2 is 1.70 bits per heavy atom. The van der Waals surface area contributed by atoms with Crippen LogP contribution in [-0.2, 0) is 11.2 Å². The number of nitrogens with zero attached hydrogens (tertiary/aromatic N) is 1. The highest BCUT2D eigenvalue weighted by atomic mass is 16.5. The lowest BCUT2D eigenvalue weighted by Gasteiger charge is -2.23. The van der Waals surface area contributed by atoms with Crippen molar-refractivity contribution in [3.63, 3.8) is 0 Å². The van der Waals surface area contributed by atoms with Crippen molar-refractivity contribution in [2.75, 3.05) is 0 Å². The van der Waals surface area contributed by atoms with Gasteiger partial charge in [0.25, 0.3) is 5.91 Å². The van der Waals surface area contributed by atoms with Crippen LogP contribution in [0.4, 0.5) is 0 Å². The van der Waals surface area contributed by atoms with Crippen LogP contribution >= 0.6 is 0 Å². The molecule has 1 amide bonds. The molecule has 2 aromatic carbocycles. The molecule has 1 atom stereocenters. The van der Waals surface area contributed by atoms with Crippen molar-refractivity contribution < 1.29 is 15.1 Å². The molecule has 1 unspecified atom stereocenters. The normalized spacial score (nSPS) is 11.9. The Bertz CT molecular complexity index is 566. The fourth-order valence-electron chi connectivity index (χ4n) is 1.96. The number of phenolic OH excluding ortho intramolecular Hbond substituents is 1. The standard InChI is InChI=1S/C16H17NO3/c1-12(14-5-3-2-4-6-14)17(20)16(19)11-13-7-9-15(18)10-8-13/h2-10,12,18,20H,11H2,1H3. The molecule has 0 aliphatic rings. The predicted molar refractivity (Wildman–Crippen MR) is 75.3 cm³/mol. The number of carbonyl (C=O) groups excluding carboxylic acids is 1. The summed E-state index contributed by atoms with van der Waals surface area (Å²) < 4.78 is 0. The highest BCUT2D eigenvalue weighted by Crippen LogP contribution is 2.19. The van der Waals surface area contributed by atoms with Gasteiger partial charge in [0.1, 0.15) is 5.75 Å². The average Bonchev–Trinajstić information content (AvgIpc) is 2.49. The highest BCUT2D eigenvalue weighted by molar-refractivity contribution is 5.78. The van der Waals surface area contributed by atoms with Gasteiger partial charge in [-0.2, -0.15) is 0 Å². The molecular weight excluding hydrogens is 254 g/mol. The van der Waals surface area contributed by atoms with Crippen molar-refractivity contribution in [1.29, 1.82) is 0 Å². The third-order valence-corrected chi connectivity index (χ3v) is 3.20. The molecule has 0 radical (unpaired) electrons. The second kappa shape index (κ2) is 6.21. The van der Waals surface area contributed by atoms with Crippen molar-refractivity contribution in [1.82, 2.24) is 5.06 Å². The van der Waals surface area contributed by atoms with E-state index in [0.29, 0.717) is 0 Å². The Balaban J connectivity index is 2.03. The molecule has 0 spiro atoms. The summed E-state index contributed by atoms with van der Waals surface area (Å²) in [5, 5.41) is 19.9. The second-order valence-electron chi connectivity index (χ2n) is 4.67. The molecule has 2 N–H and O–H groups in total. The van der Waals surface area contributed by atoms with Gasteiger partial charge in [-0.1, -0.05) is 42.5 Å². The number of rotatable bonds is 4. The largest absolute Gasteiger partial charge is 0.508 e. The Labute approximate surface area is 117 Å². The number of carbonyl (C=O) groups is 1. The van der Waals surface area contributed by atoms with Crippen LogP contribution in [0.5, 0.6) is 5.75 Å². The zero-order chi connectivity index (χ0) is 14.5. The lowest BCUT2D eigenvalue weighted by Crippen LogP contribution is -2.31. The van der Waals surface area contributed by atoms with E-state index in [-0.39, 0.29) is 18.1 Å². The van der Waals surface area contributed by atoms with E-state index in [1.807, 2.05) is 30.3 Å². The summed E-state index contributed by atoms with van der Waals surface area (Å²) in [4.78, 5) is 12.0. The maximum Gasteiger partial charge on any atom is 0.250 e. The molecule has 2 aromatic rings. The molecule has 20 heavy (non-hydrogen) atoms. The lowest BCUT2D eigenvalue weighted by molar-refractivity contribution is -0.174. The van der Waals surface area contributed by atoms with E-state index in [1.165, 1.54) is 12.1 Å². The molecule has 2 rings (SSSR count). The quantitative estimate of drug-likeness (QED) is 0.664. The average molecular weight is 271 g/mol. The van der Waals surface area contributed by atoms with Gasteiger partial charge in [-0.3, -0.25) is 10.0 Å². The fourth-order valence-corrected chi connectivity index (χ4v) is 1.96. The summed E-state index contributed by atoms with van der Waals surface area (Å²) in [5.41, 5.74) is 1.61. The van der Waals surface area contributed by atoms with Gasteiger partial charge >= 0.3 is 0 Å². The fraction of sp³-hybridized carbons (Fsp3) is 0.188. The zero-order valence-electron chi connectivity index (χ0n) is 11.2. The van der Waals surface area contributed by atoms with E-state index in [2.05, 4.69) is 0 Å². The number of amides is 1. The van der Waals surface area contributed by atoms with Crippen molar-refractivity contribution in [3.05, 3.63) is 65.7 Å². The monoisotopic (exact) mass is 271 g/mol. The summed E-state index contributed by atoms with van der Waals surface area (Å²) in [6, 6.07) is 15.3. The van der Waals surface area contributed by atoms with Gasteiger partial charge in [0.05, 0.1) is 12.5 Å². The van der Waals surface area contributed by atoms with Gasteiger partial charge in [0.2, 0.25) is 0 Å². The first-order valence-corrected chi connectivity index (χ1v) is 6.41. The van der Waals surface area contributed by atoms with E-state index in [9.17, 15) is 15.1 Å². The van der Waals surface area contributed by atoms with Crippen LogP contribution in [-0.4, -0.2) is 21.3 Å². The first-order chi connectivity index (χ1) is 9.58. The molecule has 0 fully saturated rings. The molecule has 0 aliphatic heterocycles. The van der Waals surface area contributed by atoms with Crippen LogP contribution < -0.4 is 0 Å². The molecule has 0 saturated carbocycles. The van der Waals surface area contributed by atoms with Crippen LogP contribution in [0.2, 0.25) is 0 Å². The van der Waals surface area contributed by atoms with Crippen LogP contribution in [0, 0.1) is 0 Å². The molecule has 104 valence electrons. The van der Waals surface area contributed by atoms with E-state index in [4.69, 9.17) is 0 Å².